The van der Waals surface area contributed by atoms with Gasteiger partial charge in [0.2, 0.25) is 0 Å². The van der Waals surface area contributed by atoms with E-state index in [1.165, 1.54) is 0 Å². The number of likely N-dealkylation sites (N-methyl/N-ethyl adjacent to an activating group) is 1. The monoisotopic (exact) mass is 257 g/mol. The van der Waals surface area contributed by atoms with E-state index in [1.54, 1.807) is 19.0 Å². The molecule has 0 saturated heterocycles. The molecular formula is C10H12BrNO2. The lowest BCUT2D eigenvalue weighted by Gasteiger charge is -2.20. The smallest absolute Gasteiger partial charge is 0.325 e. The molecular weight excluding hydrogens is 246 g/mol. The molecule has 0 radical (unpaired) electrons. The third-order valence-electron chi connectivity index (χ3n) is 1.94. The Kier molecular flexibility index (Phi) is 3.66. The zero-order valence-corrected chi connectivity index (χ0v) is 9.65. The molecule has 0 bridgehead atoms. The Bertz CT molecular complexity index is 321. The van der Waals surface area contributed by atoms with Crippen LogP contribution < -0.4 is 0 Å². The molecule has 0 heterocycles. The molecule has 0 amide bonds. The van der Waals surface area contributed by atoms with Crippen molar-refractivity contribution in [3.63, 3.8) is 0 Å². The minimum absolute atomic E-state index is 0.580. The molecule has 1 atom stereocenters. The number of carboxylic acids is 1. The fourth-order valence-electron chi connectivity index (χ4n) is 1.31. The van der Waals surface area contributed by atoms with E-state index in [4.69, 9.17) is 5.11 Å². The number of hydrogen-bond acceptors (Lipinski definition) is 2. The number of nitrogens with zero attached hydrogens (tertiary/aromatic N) is 1. The molecule has 0 aliphatic heterocycles. The summed E-state index contributed by atoms with van der Waals surface area (Å²) >= 11 is 3.31. The molecule has 0 aromatic heterocycles. The number of rotatable bonds is 3. The van der Waals surface area contributed by atoms with Crippen LogP contribution in [0, 0.1) is 0 Å². The fourth-order valence-corrected chi connectivity index (χ4v) is 1.57. The minimum Gasteiger partial charge on any atom is -0.480 e. The van der Waals surface area contributed by atoms with Gasteiger partial charge in [0, 0.05) is 4.47 Å². The second-order valence-corrected chi connectivity index (χ2v) is 4.17. The van der Waals surface area contributed by atoms with Crippen molar-refractivity contribution in [1.82, 2.24) is 4.90 Å². The maximum atomic E-state index is 11.0. The first-order valence-corrected chi connectivity index (χ1v) is 4.96. The van der Waals surface area contributed by atoms with Gasteiger partial charge in [-0.2, -0.15) is 0 Å². The molecule has 0 fully saturated rings. The quantitative estimate of drug-likeness (QED) is 0.902. The second kappa shape index (κ2) is 4.57. The standard InChI is InChI=1S/C10H12BrNO2/c1-12(2)9(10(13)14)7-3-5-8(11)6-4-7/h3-6,9H,1-2H3,(H,13,14)/t9-/m1/s1. The summed E-state index contributed by atoms with van der Waals surface area (Å²) in [5.74, 6) is -0.836. The van der Waals surface area contributed by atoms with Crippen LogP contribution in [0.5, 0.6) is 0 Å². The maximum absolute atomic E-state index is 11.0. The summed E-state index contributed by atoms with van der Waals surface area (Å²) in [4.78, 5) is 12.6. The highest BCUT2D eigenvalue weighted by atomic mass is 79.9. The van der Waals surface area contributed by atoms with Gasteiger partial charge in [0.15, 0.2) is 0 Å². The average molecular weight is 258 g/mol. The van der Waals surface area contributed by atoms with Gasteiger partial charge in [-0.15, -0.1) is 0 Å². The van der Waals surface area contributed by atoms with Gasteiger partial charge in [0.25, 0.3) is 0 Å². The lowest BCUT2D eigenvalue weighted by molar-refractivity contribution is -0.142. The summed E-state index contributed by atoms with van der Waals surface area (Å²) in [6.45, 7) is 0. The second-order valence-electron chi connectivity index (χ2n) is 3.26. The van der Waals surface area contributed by atoms with E-state index in [9.17, 15) is 4.79 Å². The molecule has 1 aromatic rings. The summed E-state index contributed by atoms with van der Waals surface area (Å²) in [5, 5.41) is 9.01. The first-order valence-electron chi connectivity index (χ1n) is 4.17. The van der Waals surface area contributed by atoms with E-state index in [2.05, 4.69) is 15.9 Å². The Morgan fingerprint density at radius 2 is 1.86 bits per heavy atom. The first kappa shape index (κ1) is 11.2. The first-order chi connectivity index (χ1) is 6.52. The highest BCUT2D eigenvalue weighted by Gasteiger charge is 2.21. The molecule has 0 saturated carbocycles. The number of aliphatic carboxylic acids is 1. The topological polar surface area (TPSA) is 40.5 Å². The van der Waals surface area contributed by atoms with Gasteiger partial charge in [-0.05, 0) is 31.8 Å². The van der Waals surface area contributed by atoms with Crippen molar-refractivity contribution in [2.45, 2.75) is 6.04 Å². The Hall–Kier alpha value is -0.870. The van der Waals surface area contributed by atoms with E-state index in [0.29, 0.717) is 0 Å². The SMILES string of the molecule is CN(C)[C@@H](C(=O)O)c1ccc(Br)cc1. The van der Waals surface area contributed by atoms with Crippen molar-refractivity contribution in [2.75, 3.05) is 14.1 Å². The van der Waals surface area contributed by atoms with E-state index in [-0.39, 0.29) is 0 Å². The van der Waals surface area contributed by atoms with E-state index < -0.39 is 12.0 Å². The predicted molar refractivity (Wildman–Crippen MR) is 58.2 cm³/mol. The lowest BCUT2D eigenvalue weighted by atomic mass is 10.1. The molecule has 3 nitrogen and oxygen atoms in total. The number of carbonyl (C=O) groups is 1. The molecule has 76 valence electrons. The molecule has 0 spiro atoms. The van der Waals surface area contributed by atoms with Crippen LogP contribution in [0.25, 0.3) is 0 Å². The average Bonchev–Trinajstić information content (AvgIpc) is 2.07. The Morgan fingerprint density at radius 3 is 2.21 bits per heavy atom. The van der Waals surface area contributed by atoms with Gasteiger partial charge in [0.05, 0.1) is 0 Å². The molecule has 1 N–H and O–H groups in total. The Morgan fingerprint density at radius 1 is 1.36 bits per heavy atom. The number of benzene rings is 1. The summed E-state index contributed by atoms with van der Waals surface area (Å²) in [5.41, 5.74) is 0.783. The molecule has 4 heteroatoms. The number of hydrogen-bond donors (Lipinski definition) is 1. The molecule has 1 rings (SSSR count). The van der Waals surface area contributed by atoms with E-state index in [1.807, 2.05) is 24.3 Å². The molecule has 0 aliphatic rings. The van der Waals surface area contributed by atoms with E-state index in [0.717, 1.165) is 10.0 Å². The van der Waals surface area contributed by atoms with Crippen LogP contribution in [-0.4, -0.2) is 30.1 Å². The van der Waals surface area contributed by atoms with Crippen molar-refractivity contribution < 1.29 is 9.90 Å². The summed E-state index contributed by atoms with van der Waals surface area (Å²) in [6, 6.07) is 6.72. The molecule has 0 unspecified atom stereocenters. The Balaban J connectivity index is 3.00. The summed E-state index contributed by atoms with van der Waals surface area (Å²) in [6.07, 6.45) is 0. The normalized spacial score (nSPS) is 12.9. The number of halogens is 1. The van der Waals surface area contributed by atoms with Crippen molar-refractivity contribution in [3.05, 3.63) is 34.3 Å². The highest BCUT2D eigenvalue weighted by molar-refractivity contribution is 9.10. The molecule has 1 aromatic carbocycles. The van der Waals surface area contributed by atoms with Crippen molar-refractivity contribution >= 4 is 21.9 Å². The van der Waals surface area contributed by atoms with E-state index >= 15 is 0 Å². The van der Waals surface area contributed by atoms with Crippen LogP contribution in [0.3, 0.4) is 0 Å². The van der Waals surface area contributed by atoms with Crippen LogP contribution in [0.4, 0.5) is 0 Å². The van der Waals surface area contributed by atoms with Gasteiger partial charge in [-0.1, -0.05) is 28.1 Å². The van der Waals surface area contributed by atoms with Crippen molar-refractivity contribution in [2.24, 2.45) is 0 Å². The minimum atomic E-state index is -0.836. The van der Waals surface area contributed by atoms with Crippen molar-refractivity contribution in [3.8, 4) is 0 Å². The highest BCUT2D eigenvalue weighted by Crippen LogP contribution is 2.20. The van der Waals surface area contributed by atoms with Crippen LogP contribution >= 0.6 is 15.9 Å². The van der Waals surface area contributed by atoms with Crippen molar-refractivity contribution in [1.29, 1.82) is 0 Å². The molecule has 14 heavy (non-hydrogen) atoms. The maximum Gasteiger partial charge on any atom is 0.325 e. The van der Waals surface area contributed by atoms with Gasteiger partial charge in [0.1, 0.15) is 6.04 Å². The van der Waals surface area contributed by atoms with Crippen LogP contribution in [0.15, 0.2) is 28.7 Å². The van der Waals surface area contributed by atoms with Crippen LogP contribution in [0.2, 0.25) is 0 Å². The summed E-state index contributed by atoms with van der Waals surface area (Å²) in [7, 11) is 3.50. The lowest BCUT2D eigenvalue weighted by Crippen LogP contribution is -2.27. The zero-order valence-electron chi connectivity index (χ0n) is 8.07. The largest absolute Gasteiger partial charge is 0.480 e. The van der Waals surface area contributed by atoms with Gasteiger partial charge < -0.3 is 5.11 Å². The van der Waals surface area contributed by atoms with Gasteiger partial charge in [-0.25, -0.2) is 0 Å². The molecule has 0 aliphatic carbocycles. The zero-order chi connectivity index (χ0) is 10.7. The van der Waals surface area contributed by atoms with Crippen LogP contribution in [-0.2, 0) is 4.79 Å². The third-order valence-corrected chi connectivity index (χ3v) is 2.46. The summed E-state index contributed by atoms with van der Waals surface area (Å²) < 4.78 is 0.948. The Labute approximate surface area is 91.5 Å². The number of carboxylic acid groups (broad SMARTS) is 1. The fraction of sp³-hybridized carbons (Fsp3) is 0.300. The van der Waals surface area contributed by atoms with Gasteiger partial charge >= 0.3 is 5.97 Å². The van der Waals surface area contributed by atoms with Gasteiger partial charge in [-0.3, -0.25) is 9.69 Å². The predicted octanol–water partition coefficient (Wildman–Crippen LogP) is 2.14. The third kappa shape index (κ3) is 2.56. The van der Waals surface area contributed by atoms with Crippen LogP contribution in [0.1, 0.15) is 11.6 Å².